The Morgan fingerprint density at radius 2 is 1.53 bits per heavy atom. The molecular formula is C29H35N5O2. The normalized spacial score (nSPS) is 15.7. The zero-order valence-corrected chi connectivity index (χ0v) is 21.8. The number of aryl methyl sites for hydroxylation is 2. The predicted molar refractivity (Wildman–Crippen MR) is 142 cm³/mol. The van der Waals surface area contributed by atoms with Crippen LogP contribution < -0.4 is 21.0 Å². The average Bonchev–Trinajstić information content (AvgIpc) is 3.35. The van der Waals surface area contributed by atoms with E-state index in [-0.39, 0.29) is 17.9 Å². The number of nitrogens with one attached hydrogen (secondary N) is 3. The molecule has 0 radical (unpaired) electrons. The number of amides is 1. The SMILES string of the molecule is Cc1cc(OC(c2ccc(C(=O)NC3N=NNN3)cc2)C(C)C)cc(C)c1-c1ccc(C(C)C)cc1. The molecule has 0 aromatic heterocycles. The Morgan fingerprint density at radius 1 is 0.917 bits per heavy atom. The molecule has 1 amide bonds. The third-order valence-electron chi connectivity index (χ3n) is 6.43. The number of hydrazine groups is 1. The van der Waals surface area contributed by atoms with E-state index in [4.69, 9.17) is 4.74 Å². The second-order valence-corrected chi connectivity index (χ2v) is 9.96. The molecule has 0 fully saturated rings. The van der Waals surface area contributed by atoms with Crippen LogP contribution in [0.3, 0.4) is 0 Å². The average molecular weight is 486 g/mol. The number of carbonyl (C=O) groups is 1. The van der Waals surface area contributed by atoms with E-state index in [9.17, 15) is 4.79 Å². The summed E-state index contributed by atoms with van der Waals surface area (Å²) >= 11 is 0. The third-order valence-corrected chi connectivity index (χ3v) is 6.43. The van der Waals surface area contributed by atoms with Gasteiger partial charge >= 0.3 is 0 Å². The Hall–Kier alpha value is -3.71. The fourth-order valence-corrected chi connectivity index (χ4v) is 4.52. The molecule has 2 atom stereocenters. The van der Waals surface area contributed by atoms with Crippen LogP contribution in [0.15, 0.2) is 71.0 Å². The summed E-state index contributed by atoms with van der Waals surface area (Å²) in [4.78, 5) is 12.5. The minimum absolute atomic E-state index is 0.147. The molecule has 3 aromatic carbocycles. The maximum atomic E-state index is 12.5. The van der Waals surface area contributed by atoms with Crippen LogP contribution in [0.4, 0.5) is 0 Å². The molecule has 0 saturated carbocycles. The van der Waals surface area contributed by atoms with Crippen molar-refractivity contribution in [3.05, 3.63) is 88.5 Å². The van der Waals surface area contributed by atoms with Crippen molar-refractivity contribution in [2.75, 3.05) is 0 Å². The number of hydrogen-bond acceptors (Lipinski definition) is 6. The molecule has 1 aliphatic rings. The van der Waals surface area contributed by atoms with E-state index in [1.807, 2.05) is 24.3 Å². The van der Waals surface area contributed by atoms with Gasteiger partial charge in [0.05, 0.1) is 0 Å². The predicted octanol–water partition coefficient (Wildman–Crippen LogP) is 6.36. The van der Waals surface area contributed by atoms with E-state index < -0.39 is 6.29 Å². The number of nitrogens with zero attached hydrogens (tertiary/aromatic N) is 2. The van der Waals surface area contributed by atoms with Crippen LogP contribution in [-0.4, -0.2) is 12.2 Å². The minimum Gasteiger partial charge on any atom is -0.485 e. The Kier molecular flexibility index (Phi) is 7.70. The van der Waals surface area contributed by atoms with Gasteiger partial charge in [0.25, 0.3) is 5.91 Å². The lowest BCUT2D eigenvalue weighted by atomic mass is 9.93. The van der Waals surface area contributed by atoms with Gasteiger partial charge in [-0.15, -0.1) is 5.11 Å². The minimum atomic E-state index is -0.577. The van der Waals surface area contributed by atoms with Crippen LogP contribution in [0, 0.1) is 19.8 Å². The second kappa shape index (κ2) is 10.9. The monoisotopic (exact) mass is 485 g/mol. The van der Waals surface area contributed by atoms with Gasteiger partial charge in [-0.2, -0.15) is 5.43 Å². The van der Waals surface area contributed by atoms with Gasteiger partial charge in [0.2, 0.25) is 6.29 Å². The Morgan fingerprint density at radius 3 is 2.06 bits per heavy atom. The van der Waals surface area contributed by atoms with Gasteiger partial charge in [-0.05, 0) is 83.3 Å². The van der Waals surface area contributed by atoms with Crippen molar-refractivity contribution in [2.24, 2.45) is 16.3 Å². The zero-order chi connectivity index (χ0) is 25.8. The van der Waals surface area contributed by atoms with Crippen LogP contribution >= 0.6 is 0 Å². The number of benzene rings is 3. The molecule has 3 N–H and O–H groups in total. The van der Waals surface area contributed by atoms with E-state index >= 15 is 0 Å². The van der Waals surface area contributed by atoms with E-state index in [1.165, 1.54) is 27.8 Å². The largest absolute Gasteiger partial charge is 0.485 e. The molecule has 7 nitrogen and oxygen atoms in total. The van der Waals surface area contributed by atoms with Crippen LogP contribution in [0.1, 0.15) is 72.3 Å². The molecule has 7 heteroatoms. The van der Waals surface area contributed by atoms with Crippen LogP contribution in [0.2, 0.25) is 0 Å². The highest BCUT2D eigenvalue weighted by molar-refractivity contribution is 5.94. The number of rotatable bonds is 8. The molecule has 4 rings (SSSR count). The first-order valence-corrected chi connectivity index (χ1v) is 12.4. The highest BCUT2D eigenvalue weighted by atomic mass is 16.5. The van der Waals surface area contributed by atoms with Gasteiger partial charge in [-0.3, -0.25) is 4.79 Å². The summed E-state index contributed by atoms with van der Waals surface area (Å²) in [5.74, 6) is 1.37. The lowest BCUT2D eigenvalue weighted by Crippen LogP contribution is -2.44. The molecule has 0 saturated heterocycles. The molecule has 0 aliphatic carbocycles. The van der Waals surface area contributed by atoms with E-state index in [1.54, 1.807) is 0 Å². The first-order valence-electron chi connectivity index (χ1n) is 12.4. The van der Waals surface area contributed by atoms with Gasteiger partial charge in [0, 0.05) is 5.56 Å². The number of hydrogen-bond donors (Lipinski definition) is 3. The Balaban J connectivity index is 1.52. The quantitative estimate of drug-likeness (QED) is 0.347. The van der Waals surface area contributed by atoms with Crippen LogP contribution in [0.5, 0.6) is 5.75 Å². The lowest BCUT2D eigenvalue weighted by molar-refractivity contribution is 0.0932. The third kappa shape index (κ3) is 5.74. The summed E-state index contributed by atoms with van der Waals surface area (Å²) in [6, 6.07) is 20.6. The number of carbonyl (C=O) groups excluding carboxylic acids is 1. The Bertz CT molecular complexity index is 1210. The fraction of sp³-hybridized carbons (Fsp3) is 0.345. The second-order valence-electron chi connectivity index (χ2n) is 9.96. The van der Waals surface area contributed by atoms with Crippen molar-refractivity contribution in [1.29, 1.82) is 0 Å². The summed E-state index contributed by atoms with van der Waals surface area (Å²) in [6.07, 6.45) is -0.724. The van der Waals surface area contributed by atoms with E-state index in [2.05, 4.69) is 105 Å². The number of ether oxygens (including phenoxy) is 1. The van der Waals surface area contributed by atoms with Crippen molar-refractivity contribution < 1.29 is 9.53 Å². The highest BCUT2D eigenvalue weighted by Gasteiger charge is 2.21. The lowest BCUT2D eigenvalue weighted by Gasteiger charge is -2.24. The molecule has 1 aliphatic heterocycles. The summed E-state index contributed by atoms with van der Waals surface area (Å²) < 4.78 is 6.53. The van der Waals surface area contributed by atoms with Gasteiger partial charge in [-0.25, -0.2) is 5.53 Å². The molecule has 3 aromatic rings. The molecule has 36 heavy (non-hydrogen) atoms. The zero-order valence-electron chi connectivity index (χ0n) is 21.8. The van der Waals surface area contributed by atoms with Crippen molar-refractivity contribution in [3.63, 3.8) is 0 Å². The van der Waals surface area contributed by atoms with Crippen LogP contribution in [0.25, 0.3) is 11.1 Å². The maximum absolute atomic E-state index is 12.5. The van der Waals surface area contributed by atoms with Crippen molar-refractivity contribution in [3.8, 4) is 16.9 Å². The summed E-state index contributed by atoms with van der Waals surface area (Å²) in [6.45, 7) is 13.0. The first kappa shape index (κ1) is 25.4. The van der Waals surface area contributed by atoms with Crippen molar-refractivity contribution in [2.45, 2.75) is 59.9 Å². The first-order chi connectivity index (χ1) is 17.2. The molecule has 1 heterocycles. The van der Waals surface area contributed by atoms with Gasteiger partial charge < -0.3 is 10.1 Å². The molecule has 2 unspecified atom stereocenters. The van der Waals surface area contributed by atoms with E-state index in [0.29, 0.717) is 11.5 Å². The summed E-state index contributed by atoms with van der Waals surface area (Å²) in [7, 11) is 0. The van der Waals surface area contributed by atoms with Crippen molar-refractivity contribution in [1.82, 2.24) is 16.3 Å². The fourth-order valence-electron chi connectivity index (χ4n) is 4.52. The molecule has 188 valence electrons. The van der Waals surface area contributed by atoms with Gasteiger partial charge in [0.1, 0.15) is 11.9 Å². The molecule has 0 bridgehead atoms. The molecular weight excluding hydrogens is 450 g/mol. The topological polar surface area (TPSA) is 87.1 Å². The Labute approximate surface area is 213 Å². The highest BCUT2D eigenvalue weighted by Crippen LogP contribution is 2.35. The summed E-state index contributed by atoms with van der Waals surface area (Å²) in [5, 5.41) is 10.1. The maximum Gasteiger partial charge on any atom is 0.254 e. The van der Waals surface area contributed by atoms with Crippen molar-refractivity contribution >= 4 is 5.91 Å². The van der Waals surface area contributed by atoms with Gasteiger partial charge in [0.15, 0.2) is 0 Å². The van der Waals surface area contributed by atoms with E-state index in [0.717, 1.165) is 11.3 Å². The van der Waals surface area contributed by atoms with Gasteiger partial charge in [-0.1, -0.05) is 69.3 Å². The smallest absolute Gasteiger partial charge is 0.254 e. The van der Waals surface area contributed by atoms with Crippen LogP contribution in [-0.2, 0) is 0 Å². The molecule has 0 spiro atoms. The standard InChI is InChI=1S/C29H35N5O2/c1-17(2)21-7-9-22(10-8-21)26-19(5)15-25(16-20(26)6)36-27(18(3)4)23-11-13-24(14-12-23)28(35)30-29-31-33-34-32-29/h7-18,27,29H,1-6H3,(H,30,35)(H,31,34)(H,32,33). The summed E-state index contributed by atoms with van der Waals surface area (Å²) in [5.41, 5.74) is 13.0.